The first-order valence-corrected chi connectivity index (χ1v) is 12.1. The van der Waals surface area contributed by atoms with E-state index in [0.29, 0.717) is 60.1 Å². The quantitative estimate of drug-likeness (QED) is 0.448. The fraction of sp³-hybridized carbons (Fsp3) is 0.308. The van der Waals surface area contributed by atoms with Gasteiger partial charge in [0.2, 0.25) is 5.91 Å². The van der Waals surface area contributed by atoms with Gasteiger partial charge in [0.25, 0.3) is 5.91 Å². The normalized spacial score (nSPS) is 13.9. The largest absolute Gasteiger partial charge is 0.342 e. The lowest BCUT2D eigenvalue weighted by Crippen LogP contribution is -2.40. The molecule has 0 atom stereocenters. The van der Waals surface area contributed by atoms with E-state index in [0.717, 1.165) is 12.1 Å². The van der Waals surface area contributed by atoms with Gasteiger partial charge in [-0.1, -0.05) is 30.7 Å². The number of aromatic nitrogens is 2. The molecule has 2 amide bonds. The van der Waals surface area contributed by atoms with Crippen molar-refractivity contribution in [3.8, 4) is 0 Å². The zero-order valence-corrected chi connectivity index (χ0v) is 20.5. The number of carbonyl (C=O) groups excluding carboxylic acids is 2. The van der Waals surface area contributed by atoms with Crippen LogP contribution in [-0.4, -0.2) is 39.8 Å². The highest BCUT2D eigenvalue weighted by molar-refractivity contribution is 6.30. The summed E-state index contributed by atoms with van der Waals surface area (Å²) in [5.41, 5.74) is 6.88. The van der Waals surface area contributed by atoms with Crippen molar-refractivity contribution in [1.82, 2.24) is 20.3 Å². The maximum Gasteiger partial charge on any atom is 0.273 e. The Morgan fingerprint density at radius 3 is 2.47 bits per heavy atom. The number of halogens is 3. The number of nitrogens with one attached hydrogen (secondary N) is 2. The number of likely N-dealkylation sites (tertiary alicyclic amines) is 1. The Kier molecular flexibility index (Phi) is 8.10. The number of hydrazine groups is 1. The zero-order chi connectivity index (χ0) is 25.7. The Balaban J connectivity index is 1.44. The molecule has 0 bridgehead atoms. The molecule has 0 saturated carbocycles. The molecule has 0 unspecified atom stereocenters. The molecule has 2 aromatic carbocycles. The van der Waals surface area contributed by atoms with Crippen molar-refractivity contribution in [2.45, 2.75) is 38.5 Å². The predicted octanol–water partition coefficient (Wildman–Crippen LogP) is 4.68. The van der Waals surface area contributed by atoms with E-state index in [2.05, 4.69) is 20.8 Å². The summed E-state index contributed by atoms with van der Waals surface area (Å²) in [6, 6.07) is 10.5. The monoisotopic (exact) mass is 513 g/mol. The topological polar surface area (TPSA) is 87.2 Å². The molecule has 10 heteroatoms. The average molecular weight is 514 g/mol. The van der Waals surface area contributed by atoms with Crippen molar-refractivity contribution in [2.24, 2.45) is 0 Å². The van der Waals surface area contributed by atoms with E-state index >= 15 is 0 Å². The van der Waals surface area contributed by atoms with E-state index in [9.17, 15) is 18.4 Å². The van der Waals surface area contributed by atoms with Gasteiger partial charge in [0.15, 0.2) is 0 Å². The lowest BCUT2D eigenvalue weighted by Gasteiger charge is -2.32. The number of hydrogen-bond donors (Lipinski definition) is 2. The van der Waals surface area contributed by atoms with Crippen molar-refractivity contribution in [2.75, 3.05) is 18.5 Å². The molecule has 1 aromatic heterocycles. The van der Waals surface area contributed by atoms with Gasteiger partial charge in [-0.05, 0) is 43.2 Å². The van der Waals surface area contributed by atoms with E-state index in [1.807, 2.05) is 6.92 Å². The maximum atomic E-state index is 14.0. The summed E-state index contributed by atoms with van der Waals surface area (Å²) < 4.78 is 27.9. The first kappa shape index (κ1) is 25.5. The van der Waals surface area contributed by atoms with Crippen LogP contribution < -0.4 is 10.9 Å². The molecule has 188 valence electrons. The zero-order valence-electron chi connectivity index (χ0n) is 19.7. The number of hydrogen-bond acceptors (Lipinski definition) is 5. The second-order valence-electron chi connectivity index (χ2n) is 8.56. The van der Waals surface area contributed by atoms with Crippen molar-refractivity contribution in [1.29, 1.82) is 0 Å². The van der Waals surface area contributed by atoms with Gasteiger partial charge in [-0.2, -0.15) is 0 Å². The first-order chi connectivity index (χ1) is 17.4. The molecule has 0 spiro atoms. The SMILES string of the molecule is CCc1ncc(C(=O)NNc2cccc(Cl)c2)c(C2CCN(C(=O)Cc3c(F)cccc3F)CC2)n1. The van der Waals surface area contributed by atoms with E-state index in [-0.39, 0.29) is 29.7 Å². The van der Waals surface area contributed by atoms with Gasteiger partial charge in [-0.25, -0.2) is 18.7 Å². The van der Waals surface area contributed by atoms with Gasteiger partial charge in [0.05, 0.1) is 23.4 Å². The Bertz CT molecular complexity index is 1240. The Labute approximate surface area is 212 Å². The number of benzene rings is 2. The summed E-state index contributed by atoms with van der Waals surface area (Å²) >= 11 is 5.99. The fourth-order valence-electron chi connectivity index (χ4n) is 4.22. The van der Waals surface area contributed by atoms with Crippen molar-refractivity contribution in [3.05, 3.63) is 88.0 Å². The van der Waals surface area contributed by atoms with Crippen molar-refractivity contribution >= 4 is 29.1 Å². The van der Waals surface area contributed by atoms with E-state index < -0.39 is 11.6 Å². The summed E-state index contributed by atoms with van der Waals surface area (Å²) in [6.45, 7) is 2.72. The van der Waals surface area contributed by atoms with Crippen LogP contribution >= 0.6 is 11.6 Å². The fourth-order valence-corrected chi connectivity index (χ4v) is 4.41. The molecule has 1 fully saturated rings. The second kappa shape index (κ2) is 11.4. The van der Waals surface area contributed by atoms with Crippen LogP contribution in [0, 0.1) is 11.6 Å². The standard InChI is InChI=1S/C26H26ClF2N5O2/c1-2-23-30-15-20(26(36)33-32-18-6-3-5-17(27)13-18)25(31-23)16-9-11-34(12-10-16)24(35)14-19-21(28)7-4-8-22(19)29/h3-8,13,15-16,32H,2,9-12,14H2,1H3,(H,33,36). The summed E-state index contributed by atoms with van der Waals surface area (Å²) in [5, 5.41) is 0.532. The van der Waals surface area contributed by atoms with Crippen LogP contribution in [0.1, 0.15) is 53.1 Å². The molecule has 1 aliphatic heterocycles. The lowest BCUT2D eigenvalue weighted by molar-refractivity contribution is -0.131. The van der Waals surface area contributed by atoms with Gasteiger partial charge in [-0.15, -0.1) is 0 Å². The van der Waals surface area contributed by atoms with Crippen LogP contribution in [-0.2, 0) is 17.6 Å². The molecular weight excluding hydrogens is 488 g/mol. The van der Waals surface area contributed by atoms with Gasteiger partial charge < -0.3 is 4.90 Å². The van der Waals surface area contributed by atoms with E-state index in [1.165, 1.54) is 12.3 Å². The van der Waals surface area contributed by atoms with Crippen LogP contribution in [0.15, 0.2) is 48.7 Å². The van der Waals surface area contributed by atoms with Crippen LogP contribution in [0.3, 0.4) is 0 Å². The van der Waals surface area contributed by atoms with Gasteiger partial charge in [0.1, 0.15) is 17.5 Å². The van der Waals surface area contributed by atoms with Crippen LogP contribution in [0.4, 0.5) is 14.5 Å². The van der Waals surface area contributed by atoms with E-state index in [1.54, 1.807) is 29.2 Å². The maximum absolute atomic E-state index is 14.0. The van der Waals surface area contributed by atoms with Crippen LogP contribution in [0.5, 0.6) is 0 Å². The number of carbonyl (C=O) groups is 2. The van der Waals surface area contributed by atoms with Crippen LogP contribution in [0.25, 0.3) is 0 Å². The number of amides is 2. The Morgan fingerprint density at radius 1 is 1.11 bits per heavy atom. The Morgan fingerprint density at radius 2 is 1.81 bits per heavy atom. The third-order valence-corrected chi connectivity index (χ3v) is 6.43. The summed E-state index contributed by atoms with van der Waals surface area (Å²) in [6.07, 6.45) is 2.93. The molecule has 1 aliphatic rings. The molecule has 0 aliphatic carbocycles. The number of rotatable bonds is 7. The van der Waals surface area contributed by atoms with Crippen molar-refractivity contribution < 1.29 is 18.4 Å². The average Bonchev–Trinajstić information content (AvgIpc) is 2.89. The molecule has 4 rings (SSSR count). The third kappa shape index (κ3) is 5.96. The molecule has 2 heterocycles. The predicted molar refractivity (Wildman–Crippen MR) is 133 cm³/mol. The molecule has 1 saturated heterocycles. The summed E-state index contributed by atoms with van der Waals surface area (Å²) in [4.78, 5) is 36.2. The van der Waals surface area contributed by atoms with E-state index in [4.69, 9.17) is 11.6 Å². The van der Waals surface area contributed by atoms with Gasteiger partial charge in [-0.3, -0.25) is 20.4 Å². The van der Waals surface area contributed by atoms with Gasteiger partial charge in [0, 0.05) is 42.2 Å². The highest BCUT2D eigenvalue weighted by atomic mass is 35.5. The third-order valence-electron chi connectivity index (χ3n) is 6.20. The minimum absolute atomic E-state index is 0.0699. The number of anilines is 1. The minimum Gasteiger partial charge on any atom is -0.342 e. The Hall–Kier alpha value is -3.59. The number of aryl methyl sites for hydroxylation is 1. The minimum atomic E-state index is -0.728. The summed E-state index contributed by atoms with van der Waals surface area (Å²) in [7, 11) is 0. The summed E-state index contributed by atoms with van der Waals surface area (Å²) in [5.74, 6) is -1.63. The molecule has 7 nitrogen and oxygen atoms in total. The van der Waals surface area contributed by atoms with Gasteiger partial charge >= 0.3 is 0 Å². The molecular formula is C26H26ClF2N5O2. The number of nitrogens with zero attached hydrogens (tertiary/aromatic N) is 3. The molecule has 36 heavy (non-hydrogen) atoms. The second-order valence-corrected chi connectivity index (χ2v) is 9.00. The smallest absolute Gasteiger partial charge is 0.273 e. The first-order valence-electron chi connectivity index (χ1n) is 11.7. The number of piperidine rings is 1. The molecule has 3 aromatic rings. The highest BCUT2D eigenvalue weighted by Gasteiger charge is 2.29. The highest BCUT2D eigenvalue weighted by Crippen LogP contribution is 2.30. The molecule has 0 radical (unpaired) electrons. The molecule has 2 N–H and O–H groups in total. The lowest BCUT2D eigenvalue weighted by atomic mass is 9.90. The van der Waals surface area contributed by atoms with Crippen LogP contribution in [0.2, 0.25) is 5.02 Å². The van der Waals surface area contributed by atoms with Crippen molar-refractivity contribution in [3.63, 3.8) is 0 Å².